The molecule has 4 heterocycles. The van der Waals surface area contributed by atoms with Crippen molar-refractivity contribution in [1.82, 2.24) is 35.1 Å². The molecule has 2 saturated heterocycles. The number of nitrogen functional groups attached to an aromatic ring is 1. The third kappa shape index (κ3) is 6.35. The van der Waals surface area contributed by atoms with E-state index in [9.17, 15) is 4.79 Å². The van der Waals surface area contributed by atoms with Gasteiger partial charge in [-0.15, -0.1) is 0 Å². The number of piperidine rings is 1. The van der Waals surface area contributed by atoms with Crippen molar-refractivity contribution in [3.05, 3.63) is 58.6 Å². The lowest BCUT2D eigenvalue weighted by Crippen LogP contribution is -2.58. The van der Waals surface area contributed by atoms with Crippen molar-refractivity contribution < 1.29 is 4.79 Å². The van der Waals surface area contributed by atoms with E-state index in [1.54, 1.807) is 0 Å². The molecular formula is C31H40ClN9O. The van der Waals surface area contributed by atoms with E-state index in [-0.39, 0.29) is 28.6 Å². The Bertz CT molecular complexity index is 1410. The van der Waals surface area contributed by atoms with Gasteiger partial charge in [-0.3, -0.25) is 14.6 Å². The summed E-state index contributed by atoms with van der Waals surface area (Å²) in [5.41, 5.74) is 9.58. The van der Waals surface area contributed by atoms with Gasteiger partial charge in [0, 0.05) is 67.3 Å². The van der Waals surface area contributed by atoms with Crippen molar-refractivity contribution in [2.45, 2.75) is 70.6 Å². The predicted molar refractivity (Wildman–Crippen MR) is 165 cm³/mol. The van der Waals surface area contributed by atoms with Crippen LogP contribution in [0.5, 0.6) is 0 Å². The molecule has 2 aliphatic heterocycles. The molecule has 3 N–H and O–H groups in total. The first-order chi connectivity index (χ1) is 20.4. The van der Waals surface area contributed by atoms with E-state index in [1.165, 1.54) is 5.56 Å². The van der Waals surface area contributed by atoms with Crippen LogP contribution in [0, 0.1) is 6.92 Å². The molecule has 1 aliphatic carbocycles. The third-order valence-electron chi connectivity index (χ3n) is 8.82. The van der Waals surface area contributed by atoms with Crippen LogP contribution in [-0.4, -0.2) is 86.5 Å². The van der Waals surface area contributed by atoms with Crippen LogP contribution in [0.15, 0.2) is 36.5 Å². The molecule has 1 aromatic carbocycles. The molecule has 3 aliphatic rings. The fraction of sp³-hybridized carbons (Fsp3) is 0.516. The Morgan fingerprint density at radius 2 is 1.81 bits per heavy atom. The zero-order valence-corrected chi connectivity index (χ0v) is 25.2. The summed E-state index contributed by atoms with van der Waals surface area (Å²) in [6.07, 6.45) is 7.28. The van der Waals surface area contributed by atoms with Gasteiger partial charge in [-0.05, 0) is 52.1 Å². The van der Waals surface area contributed by atoms with Crippen LogP contribution in [0.4, 0.5) is 11.6 Å². The highest BCUT2D eigenvalue weighted by atomic mass is 35.5. The average Bonchev–Trinajstić information content (AvgIpc) is 3.83. The number of hydrogen-bond acceptors (Lipinski definition) is 9. The van der Waals surface area contributed by atoms with Crippen molar-refractivity contribution in [3.63, 3.8) is 0 Å². The van der Waals surface area contributed by atoms with E-state index in [1.807, 2.05) is 36.5 Å². The fourth-order valence-corrected chi connectivity index (χ4v) is 6.44. The molecule has 10 nitrogen and oxygen atoms in total. The van der Waals surface area contributed by atoms with Crippen LogP contribution in [0.2, 0.25) is 5.15 Å². The molecular weight excluding hydrogens is 550 g/mol. The highest BCUT2D eigenvalue weighted by Gasteiger charge is 2.35. The van der Waals surface area contributed by atoms with E-state index < -0.39 is 0 Å². The van der Waals surface area contributed by atoms with Gasteiger partial charge in [0.25, 0.3) is 5.91 Å². The van der Waals surface area contributed by atoms with Crippen LogP contribution >= 0.6 is 11.6 Å². The zero-order valence-electron chi connectivity index (χ0n) is 24.5. The molecule has 2 aromatic heterocycles. The number of piperazine rings is 1. The summed E-state index contributed by atoms with van der Waals surface area (Å²) in [5, 5.41) is 3.15. The Hall–Kier alpha value is -3.34. The number of aromatic nitrogens is 4. The highest BCUT2D eigenvalue weighted by Crippen LogP contribution is 2.30. The minimum atomic E-state index is -0.301. The fourth-order valence-electron chi connectivity index (χ4n) is 6.20. The number of aryl methyl sites for hydroxylation is 1. The lowest BCUT2D eigenvalue weighted by molar-refractivity contribution is 0.0609. The molecule has 11 heteroatoms. The van der Waals surface area contributed by atoms with Crippen molar-refractivity contribution >= 4 is 29.1 Å². The summed E-state index contributed by atoms with van der Waals surface area (Å²) < 4.78 is 0. The first-order valence-corrected chi connectivity index (χ1v) is 15.5. The number of nitrogens with two attached hydrogens (primary N) is 1. The zero-order chi connectivity index (χ0) is 29.2. The number of rotatable bonds is 8. The highest BCUT2D eigenvalue weighted by molar-refractivity contribution is 6.32. The monoisotopic (exact) mass is 589 g/mol. The minimum Gasteiger partial charge on any atom is -0.382 e. The molecule has 6 rings (SSSR count). The molecule has 0 unspecified atom stereocenters. The normalized spacial score (nSPS) is 20.5. The summed E-state index contributed by atoms with van der Waals surface area (Å²) in [7, 11) is 0. The smallest absolute Gasteiger partial charge is 0.274 e. The summed E-state index contributed by atoms with van der Waals surface area (Å²) in [6.45, 7) is 9.85. The Morgan fingerprint density at radius 1 is 1.05 bits per heavy atom. The number of carbonyl (C=O) groups is 1. The summed E-state index contributed by atoms with van der Waals surface area (Å²) in [5.74, 6) is 1.18. The summed E-state index contributed by atoms with van der Waals surface area (Å²) >= 11 is 6.56. The molecule has 42 heavy (non-hydrogen) atoms. The number of likely N-dealkylation sites (tertiary alicyclic amines) is 1. The number of anilines is 2. The van der Waals surface area contributed by atoms with Gasteiger partial charge in [0.1, 0.15) is 0 Å². The minimum absolute atomic E-state index is 0.113. The molecule has 1 saturated carbocycles. The van der Waals surface area contributed by atoms with E-state index in [4.69, 9.17) is 22.3 Å². The van der Waals surface area contributed by atoms with Crippen LogP contribution in [0.3, 0.4) is 0 Å². The SMILES string of the molecule is CC[C@H]1CN(c2nc(N)c(C(=O)NC3CC3)nc2Cl)CCN1C1CCN(Cc2cnc(-c3ccccc3)nc2C)CC1. The van der Waals surface area contributed by atoms with E-state index in [2.05, 4.69) is 48.8 Å². The maximum Gasteiger partial charge on any atom is 0.274 e. The van der Waals surface area contributed by atoms with Crippen molar-refractivity contribution in [2.75, 3.05) is 43.4 Å². The second kappa shape index (κ2) is 12.5. The van der Waals surface area contributed by atoms with Crippen LogP contribution in [0.25, 0.3) is 11.4 Å². The Balaban J connectivity index is 1.04. The van der Waals surface area contributed by atoms with Gasteiger partial charge in [-0.1, -0.05) is 48.9 Å². The lowest BCUT2D eigenvalue weighted by atomic mass is 9.98. The molecule has 0 radical (unpaired) electrons. The van der Waals surface area contributed by atoms with Gasteiger partial charge >= 0.3 is 0 Å². The van der Waals surface area contributed by atoms with Gasteiger partial charge in [0.05, 0.1) is 0 Å². The quantitative estimate of drug-likeness (QED) is 0.403. The molecule has 1 amide bonds. The number of benzene rings is 1. The number of nitrogens with one attached hydrogen (secondary N) is 1. The van der Waals surface area contributed by atoms with Gasteiger partial charge < -0.3 is 16.0 Å². The molecule has 3 aromatic rings. The topological polar surface area (TPSA) is 116 Å². The largest absolute Gasteiger partial charge is 0.382 e. The lowest BCUT2D eigenvalue weighted by Gasteiger charge is -2.47. The molecule has 1 atom stereocenters. The molecule has 0 bridgehead atoms. The first-order valence-electron chi connectivity index (χ1n) is 15.1. The molecule has 222 valence electrons. The van der Waals surface area contributed by atoms with Gasteiger partial charge in [-0.25, -0.2) is 19.9 Å². The second-order valence-corrected chi connectivity index (χ2v) is 12.1. The number of hydrogen-bond donors (Lipinski definition) is 2. The van der Waals surface area contributed by atoms with Gasteiger partial charge in [0.2, 0.25) is 0 Å². The Labute approximate surface area is 252 Å². The second-order valence-electron chi connectivity index (χ2n) is 11.7. The number of halogens is 1. The Morgan fingerprint density at radius 3 is 2.50 bits per heavy atom. The van der Waals surface area contributed by atoms with E-state index in [0.717, 1.165) is 88.5 Å². The molecule has 0 spiro atoms. The van der Waals surface area contributed by atoms with Gasteiger partial charge in [0.15, 0.2) is 28.3 Å². The van der Waals surface area contributed by atoms with Crippen LogP contribution in [0.1, 0.15) is 60.8 Å². The third-order valence-corrected chi connectivity index (χ3v) is 9.08. The standard InChI is InChI=1S/C31H40ClN9O/c1-3-24-19-40(30-27(32)37-26(28(33)38-30)31(42)36-23-9-10-23)15-16-41(24)25-11-13-39(14-12-25)18-22-17-34-29(35-20(22)2)21-7-5-4-6-8-21/h4-8,17,23-25H,3,9-16,18-19H2,1-2H3,(H2,33,38)(H,36,42)/t24-/m0/s1. The Kier molecular flexibility index (Phi) is 8.55. The number of carbonyl (C=O) groups excluding carboxylic acids is 1. The predicted octanol–water partition coefficient (Wildman–Crippen LogP) is 3.94. The van der Waals surface area contributed by atoms with Crippen molar-refractivity contribution in [1.29, 1.82) is 0 Å². The maximum atomic E-state index is 12.5. The summed E-state index contributed by atoms with van der Waals surface area (Å²) in [6, 6.07) is 11.3. The van der Waals surface area contributed by atoms with Crippen molar-refractivity contribution in [2.24, 2.45) is 0 Å². The van der Waals surface area contributed by atoms with Gasteiger partial charge in [-0.2, -0.15) is 0 Å². The van der Waals surface area contributed by atoms with Crippen LogP contribution < -0.4 is 16.0 Å². The van der Waals surface area contributed by atoms with E-state index in [0.29, 0.717) is 17.9 Å². The van der Waals surface area contributed by atoms with Crippen LogP contribution in [-0.2, 0) is 6.54 Å². The number of amides is 1. The maximum absolute atomic E-state index is 12.5. The average molecular weight is 590 g/mol. The molecule has 3 fully saturated rings. The first kappa shape index (κ1) is 28.8. The summed E-state index contributed by atoms with van der Waals surface area (Å²) in [4.78, 5) is 38.2. The van der Waals surface area contributed by atoms with Crippen molar-refractivity contribution in [3.8, 4) is 11.4 Å². The number of nitrogens with zero attached hydrogens (tertiary/aromatic N) is 7. The van der Waals surface area contributed by atoms with E-state index >= 15 is 0 Å².